The number of nitrogens with zero attached hydrogens (tertiary/aromatic N) is 2. The second kappa shape index (κ2) is 6.35. The number of carbonyl (C=O) groups excluding carboxylic acids is 1. The minimum absolute atomic E-state index is 0.0808. The maximum atomic E-state index is 12.2. The number of fused-ring (bicyclic) bond motifs is 1. The van der Waals surface area contributed by atoms with Gasteiger partial charge in [0.1, 0.15) is 12.1 Å². The van der Waals surface area contributed by atoms with Gasteiger partial charge < -0.3 is 14.0 Å². The Kier molecular flexibility index (Phi) is 4.68. The summed E-state index contributed by atoms with van der Waals surface area (Å²) in [5.41, 5.74) is 1.40. The van der Waals surface area contributed by atoms with Crippen molar-refractivity contribution >= 4 is 29.5 Å². The minimum atomic E-state index is -0.515. The topological polar surface area (TPSA) is 62.6 Å². The molecule has 1 saturated heterocycles. The Balaban J connectivity index is 1.88. The number of carbonyl (C=O) groups is 1. The number of esters is 1. The molecule has 0 atom stereocenters. The zero-order valence-electron chi connectivity index (χ0n) is 17.5. The lowest BCUT2D eigenvalue weighted by molar-refractivity contribution is -0.155. The maximum Gasteiger partial charge on any atom is 0.494 e. The van der Waals surface area contributed by atoms with E-state index >= 15 is 0 Å². The normalized spacial score (nSPS) is 18.9. The molecule has 146 valence electrons. The largest absolute Gasteiger partial charge is 0.494 e. The van der Waals surface area contributed by atoms with Crippen molar-refractivity contribution in [2.45, 2.75) is 78.7 Å². The minimum Gasteiger partial charge on any atom is -0.459 e. The van der Waals surface area contributed by atoms with Gasteiger partial charge in [0.2, 0.25) is 0 Å². The summed E-state index contributed by atoms with van der Waals surface area (Å²) in [5.74, 6) is -0.304. The van der Waals surface area contributed by atoms with E-state index in [1.807, 2.05) is 73.6 Å². The van der Waals surface area contributed by atoms with Gasteiger partial charge in [-0.25, -0.2) is 0 Å². The lowest BCUT2D eigenvalue weighted by Gasteiger charge is -2.32. The molecule has 0 spiro atoms. The predicted octanol–water partition coefficient (Wildman–Crippen LogP) is 2.99. The Morgan fingerprint density at radius 2 is 1.78 bits per heavy atom. The molecule has 2 aromatic rings. The monoisotopic (exact) mass is 372 g/mol. The molecule has 1 aromatic heterocycles. The van der Waals surface area contributed by atoms with Crippen LogP contribution in [0.5, 0.6) is 0 Å². The number of rotatable bonds is 3. The second-order valence-corrected chi connectivity index (χ2v) is 9.19. The smallest absolute Gasteiger partial charge is 0.459 e. The Morgan fingerprint density at radius 3 is 2.33 bits per heavy atom. The number of hydrogen-bond acceptors (Lipinski definition) is 5. The molecule has 1 fully saturated rings. The first-order chi connectivity index (χ1) is 12.3. The number of aryl methyl sites for hydroxylation is 1. The van der Waals surface area contributed by atoms with Crippen LogP contribution in [0.25, 0.3) is 10.9 Å². The van der Waals surface area contributed by atoms with Gasteiger partial charge in [-0.2, -0.15) is 5.10 Å². The Morgan fingerprint density at radius 1 is 1.19 bits per heavy atom. The molecule has 0 bridgehead atoms. The summed E-state index contributed by atoms with van der Waals surface area (Å²) in [4.78, 5) is 12.2. The fraction of sp³-hybridized carbons (Fsp3) is 0.600. The van der Waals surface area contributed by atoms with Gasteiger partial charge in [-0.15, -0.1) is 0 Å². The molecule has 27 heavy (non-hydrogen) atoms. The molecule has 1 aromatic carbocycles. The van der Waals surface area contributed by atoms with Crippen LogP contribution in [0.4, 0.5) is 0 Å². The van der Waals surface area contributed by atoms with Gasteiger partial charge in [0.05, 0.1) is 22.4 Å². The molecule has 0 N–H and O–H groups in total. The van der Waals surface area contributed by atoms with Crippen molar-refractivity contribution in [3.8, 4) is 0 Å². The van der Waals surface area contributed by atoms with Crippen molar-refractivity contribution in [1.82, 2.24) is 9.78 Å². The van der Waals surface area contributed by atoms with Crippen molar-refractivity contribution in [2.24, 2.45) is 0 Å². The molecule has 2 heterocycles. The van der Waals surface area contributed by atoms with E-state index in [0.29, 0.717) is 0 Å². The zero-order chi connectivity index (χ0) is 20.2. The SMILES string of the molecule is Cc1nn(CC(=O)OC(C)(C)C)c2ccc(B3OC(C)(C)C(C)(C)O3)cc12. The molecule has 0 aliphatic carbocycles. The average molecular weight is 372 g/mol. The van der Waals surface area contributed by atoms with E-state index in [1.165, 1.54) is 0 Å². The maximum absolute atomic E-state index is 12.2. The summed E-state index contributed by atoms with van der Waals surface area (Å²) >= 11 is 0. The van der Waals surface area contributed by atoms with Crippen molar-refractivity contribution in [2.75, 3.05) is 0 Å². The van der Waals surface area contributed by atoms with E-state index in [1.54, 1.807) is 4.68 Å². The van der Waals surface area contributed by atoms with Gasteiger partial charge in [-0.05, 0) is 66.9 Å². The van der Waals surface area contributed by atoms with Gasteiger partial charge >= 0.3 is 13.1 Å². The molecule has 0 amide bonds. The molecule has 1 aliphatic heterocycles. The molecule has 0 radical (unpaired) electrons. The molecule has 0 saturated carbocycles. The fourth-order valence-corrected chi connectivity index (χ4v) is 3.10. The van der Waals surface area contributed by atoms with Gasteiger partial charge in [0, 0.05) is 5.39 Å². The summed E-state index contributed by atoms with van der Waals surface area (Å²) in [6.45, 7) is 15.7. The van der Waals surface area contributed by atoms with Crippen LogP contribution in [-0.2, 0) is 25.4 Å². The number of hydrogen-bond donors (Lipinski definition) is 0. The first-order valence-electron chi connectivity index (χ1n) is 9.34. The highest BCUT2D eigenvalue weighted by atomic mass is 16.7. The molecule has 1 aliphatic rings. The quantitative estimate of drug-likeness (QED) is 0.612. The molecule has 6 nitrogen and oxygen atoms in total. The molecule has 0 unspecified atom stereocenters. The second-order valence-electron chi connectivity index (χ2n) is 9.19. The highest BCUT2D eigenvalue weighted by Gasteiger charge is 2.51. The molecular weight excluding hydrogens is 343 g/mol. The third-order valence-electron chi connectivity index (χ3n) is 5.18. The third kappa shape index (κ3) is 3.89. The number of benzene rings is 1. The Hall–Kier alpha value is -1.86. The molecular formula is C20H29BN2O4. The first-order valence-corrected chi connectivity index (χ1v) is 9.34. The predicted molar refractivity (Wildman–Crippen MR) is 106 cm³/mol. The van der Waals surface area contributed by atoms with Gasteiger partial charge in [0.25, 0.3) is 0 Å². The van der Waals surface area contributed by atoms with Crippen molar-refractivity contribution in [1.29, 1.82) is 0 Å². The summed E-state index contributed by atoms with van der Waals surface area (Å²) in [7, 11) is -0.423. The van der Waals surface area contributed by atoms with Crippen LogP contribution in [0.3, 0.4) is 0 Å². The van der Waals surface area contributed by atoms with Crippen LogP contribution in [0.1, 0.15) is 54.2 Å². The summed E-state index contributed by atoms with van der Waals surface area (Å²) in [6.07, 6.45) is 0. The van der Waals surface area contributed by atoms with Crippen LogP contribution in [0, 0.1) is 6.92 Å². The Labute approximate surface area is 161 Å². The number of ether oxygens (including phenoxy) is 1. The van der Waals surface area contributed by atoms with Gasteiger partial charge in [0.15, 0.2) is 0 Å². The summed E-state index contributed by atoms with van der Waals surface area (Å²) in [5, 5.41) is 5.50. The van der Waals surface area contributed by atoms with Crippen LogP contribution in [0.2, 0.25) is 0 Å². The van der Waals surface area contributed by atoms with E-state index in [2.05, 4.69) is 5.10 Å². The van der Waals surface area contributed by atoms with E-state index in [0.717, 1.165) is 22.1 Å². The molecule has 7 heteroatoms. The summed E-state index contributed by atoms with van der Waals surface area (Å²) < 4.78 is 19.4. The number of aromatic nitrogens is 2. The fourth-order valence-electron chi connectivity index (χ4n) is 3.10. The lowest BCUT2D eigenvalue weighted by atomic mass is 9.78. The van der Waals surface area contributed by atoms with Crippen LogP contribution in [0.15, 0.2) is 18.2 Å². The molecule has 3 rings (SSSR count). The highest BCUT2D eigenvalue weighted by Crippen LogP contribution is 2.36. The van der Waals surface area contributed by atoms with Crippen LogP contribution < -0.4 is 5.46 Å². The van der Waals surface area contributed by atoms with Gasteiger partial charge in [-0.1, -0.05) is 12.1 Å². The van der Waals surface area contributed by atoms with Gasteiger partial charge in [-0.3, -0.25) is 9.48 Å². The summed E-state index contributed by atoms with van der Waals surface area (Å²) in [6, 6.07) is 5.96. The lowest BCUT2D eigenvalue weighted by Crippen LogP contribution is -2.41. The first kappa shape index (κ1) is 19.9. The average Bonchev–Trinajstić information content (AvgIpc) is 2.90. The van der Waals surface area contributed by atoms with E-state index < -0.39 is 12.7 Å². The van der Waals surface area contributed by atoms with E-state index in [9.17, 15) is 4.79 Å². The van der Waals surface area contributed by atoms with E-state index in [4.69, 9.17) is 14.0 Å². The van der Waals surface area contributed by atoms with Crippen molar-refractivity contribution < 1.29 is 18.8 Å². The van der Waals surface area contributed by atoms with Crippen LogP contribution >= 0.6 is 0 Å². The van der Waals surface area contributed by atoms with E-state index in [-0.39, 0.29) is 23.7 Å². The third-order valence-corrected chi connectivity index (χ3v) is 5.18. The van der Waals surface area contributed by atoms with Crippen molar-refractivity contribution in [3.63, 3.8) is 0 Å². The van der Waals surface area contributed by atoms with Crippen LogP contribution in [-0.4, -0.2) is 39.7 Å². The van der Waals surface area contributed by atoms with Crippen molar-refractivity contribution in [3.05, 3.63) is 23.9 Å². The highest BCUT2D eigenvalue weighted by molar-refractivity contribution is 6.62. The zero-order valence-corrected chi connectivity index (χ0v) is 17.5. The standard InChI is InChI=1S/C20H29BN2O4/c1-13-15-11-14(21-26-19(5,6)20(7,8)27-21)9-10-16(15)23(22-13)12-17(24)25-18(2,3)4/h9-11H,12H2,1-8H3. The Bertz CT molecular complexity index is 864.